The van der Waals surface area contributed by atoms with Gasteiger partial charge in [-0.25, -0.2) is 4.39 Å². The van der Waals surface area contributed by atoms with Crippen LogP contribution in [0.15, 0.2) is 53.1 Å². The summed E-state index contributed by atoms with van der Waals surface area (Å²) in [5.74, 6) is -1.32. The summed E-state index contributed by atoms with van der Waals surface area (Å²) in [6, 6.07) is 12.0. The van der Waals surface area contributed by atoms with E-state index in [2.05, 4.69) is 20.8 Å². The Labute approximate surface area is 158 Å². The van der Waals surface area contributed by atoms with Crippen molar-refractivity contribution in [1.82, 2.24) is 20.8 Å². The molecule has 7 nitrogen and oxygen atoms in total. The summed E-state index contributed by atoms with van der Waals surface area (Å²) in [4.78, 5) is 27.9. The Kier molecular flexibility index (Phi) is 5.77. The Hall–Kier alpha value is -3.26. The fourth-order valence-corrected chi connectivity index (χ4v) is 2.38. The number of halogens is 2. The number of amides is 2. The lowest BCUT2D eigenvalue weighted by atomic mass is 10.2. The zero-order chi connectivity index (χ0) is 19.2. The highest BCUT2D eigenvalue weighted by molar-refractivity contribution is 6.30. The maximum Gasteiger partial charge on any atom is 0.316 e. The summed E-state index contributed by atoms with van der Waals surface area (Å²) in [7, 11) is 0. The Morgan fingerprint density at radius 2 is 1.74 bits per heavy atom. The summed E-state index contributed by atoms with van der Waals surface area (Å²) in [6.07, 6.45) is 0. The summed E-state index contributed by atoms with van der Waals surface area (Å²) in [6.45, 7) is 0.370. The number of nitrogens with zero attached hydrogens (tertiary/aromatic N) is 2. The molecule has 3 aromatic rings. The first kappa shape index (κ1) is 18.5. The fourth-order valence-electron chi connectivity index (χ4n) is 2.19. The van der Waals surface area contributed by atoms with Crippen LogP contribution in [-0.2, 0) is 0 Å². The van der Waals surface area contributed by atoms with Gasteiger partial charge in [0.2, 0.25) is 5.82 Å². The van der Waals surface area contributed by atoms with E-state index in [4.69, 9.17) is 16.1 Å². The second kappa shape index (κ2) is 8.41. The van der Waals surface area contributed by atoms with E-state index in [0.717, 1.165) is 0 Å². The third-order valence-electron chi connectivity index (χ3n) is 3.51. The molecule has 1 aromatic heterocycles. The standard InChI is InChI=1S/C18H14ClFN4O3/c19-13-3-1-2-12(10-13)16(25)21-8-9-22-17(26)18-23-15(24-27-18)11-4-6-14(20)7-5-11/h1-7,10H,8-9H2,(H,21,25)(H,22,26). The van der Waals surface area contributed by atoms with Crippen LogP contribution in [0.1, 0.15) is 21.0 Å². The number of benzene rings is 2. The topological polar surface area (TPSA) is 97.1 Å². The Morgan fingerprint density at radius 1 is 1.04 bits per heavy atom. The van der Waals surface area contributed by atoms with E-state index in [-0.39, 0.29) is 36.5 Å². The number of carbonyl (C=O) groups is 2. The zero-order valence-corrected chi connectivity index (χ0v) is 14.7. The number of aromatic nitrogens is 2. The molecule has 27 heavy (non-hydrogen) atoms. The SMILES string of the molecule is O=C(NCCNC(=O)c1nc(-c2ccc(F)cc2)no1)c1cccc(Cl)c1. The van der Waals surface area contributed by atoms with Crippen molar-refractivity contribution in [1.29, 1.82) is 0 Å². The van der Waals surface area contributed by atoms with Gasteiger partial charge in [-0.1, -0.05) is 22.8 Å². The molecular formula is C18H14ClFN4O3. The average Bonchev–Trinajstić information content (AvgIpc) is 3.16. The van der Waals surface area contributed by atoms with Gasteiger partial charge in [-0.15, -0.1) is 0 Å². The van der Waals surface area contributed by atoms with E-state index in [1.165, 1.54) is 24.3 Å². The largest absolute Gasteiger partial charge is 0.350 e. The first-order valence-electron chi connectivity index (χ1n) is 7.94. The average molecular weight is 389 g/mol. The van der Waals surface area contributed by atoms with Crippen molar-refractivity contribution >= 4 is 23.4 Å². The van der Waals surface area contributed by atoms with Crippen molar-refractivity contribution in [2.75, 3.05) is 13.1 Å². The molecule has 1 heterocycles. The van der Waals surface area contributed by atoms with Crippen molar-refractivity contribution in [2.45, 2.75) is 0 Å². The predicted molar refractivity (Wildman–Crippen MR) is 95.8 cm³/mol. The van der Waals surface area contributed by atoms with Crippen molar-refractivity contribution in [2.24, 2.45) is 0 Å². The molecule has 3 rings (SSSR count). The van der Waals surface area contributed by atoms with Gasteiger partial charge in [0.05, 0.1) is 0 Å². The number of nitrogens with one attached hydrogen (secondary N) is 2. The molecule has 0 bridgehead atoms. The number of hydrogen-bond donors (Lipinski definition) is 2. The van der Waals surface area contributed by atoms with Gasteiger partial charge in [-0.05, 0) is 42.5 Å². The quantitative estimate of drug-likeness (QED) is 0.633. The Morgan fingerprint density at radius 3 is 2.44 bits per heavy atom. The fraction of sp³-hybridized carbons (Fsp3) is 0.111. The molecule has 0 unspecified atom stereocenters. The predicted octanol–water partition coefficient (Wildman–Crippen LogP) is 2.69. The van der Waals surface area contributed by atoms with Gasteiger partial charge >= 0.3 is 11.8 Å². The van der Waals surface area contributed by atoms with Crippen molar-refractivity contribution < 1.29 is 18.5 Å². The summed E-state index contributed by atoms with van der Waals surface area (Å²) in [5.41, 5.74) is 0.947. The lowest BCUT2D eigenvalue weighted by molar-refractivity contribution is 0.0898. The maximum absolute atomic E-state index is 12.9. The first-order valence-corrected chi connectivity index (χ1v) is 8.32. The molecule has 0 saturated heterocycles. The van der Waals surface area contributed by atoms with Crippen LogP contribution in [0.25, 0.3) is 11.4 Å². The highest BCUT2D eigenvalue weighted by atomic mass is 35.5. The second-order valence-corrected chi connectivity index (χ2v) is 5.89. The third kappa shape index (κ3) is 4.89. The Balaban J connectivity index is 1.48. The molecule has 138 valence electrons. The molecule has 0 radical (unpaired) electrons. The van der Waals surface area contributed by atoms with Crippen LogP contribution in [0, 0.1) is 5.82 Å². The molecule has 0 atom stereocenters. The minimum atomic E-state index is -0.576. The molecule has 0 spiro atoms. The lowest BCUT2D eigenvalue weighted by Gasteiger charge is -2.06. The molecular weight excluding hydrogens is 375 g/mol. The van der Waals surface area contributed by atoms with Gasteiger partial charge in [0.1, 0.15) is 5.82 Å². The van der Waals surface area contributed by atoms with Crippen LogP contribution < -0.4 is 10.6 Å². The highest BCUT2D eigenvalue weighted by Crippen LogP contribution is 2.16. The van der Waals surface area contributed by atoms with Crippen LogP contribution >= 0.6 is 11.6 Å². The molecule has 2 aromatic carbocycles. The van der Waals surface area contributed by atoms with Crippen LogP contribution in [0.3, 0.4) is 0 Å². The van der Waals surface area contributed by atoms with Crippen LogP contribution in [0.4, 0.5) is 4.39 Å². The van der Waals surface area contributed by atoms with Crippen LogP contribution in [-0.4, -0.2) is 35.0 Å². The molecule has 0 aliphatic heterocycles. The van der Waals surface area contributed by atoms with E-state index in [1.54, 1.807) is 24.3 Å². The molecule has 2 N–H and O–H groups in total. The number of carbonyl (C=O) groups excluding carboxylic acids is 2. The summed E-state index contributed by atoms with van der Waals surface area (Å²) in [5, 5.41) is 9.36. The first-order chi connectivity index (χ1) is 13.0. The zero-order valence-electron chi connectivity index (χ0n) is 13.9. The van der Waals surface area contributed by atoms with Crippen LogP contribution in [0.5, 0.6) is 0 Å². The molecule has 0 aliphatic rings. The molecule has 9 heteroatoms. The van der Waals surface area contributed by atoms with Gasteiger partial charge in [-0.2, -0.15) is 4.98 Å². The second-order valence-electron chi connectivity index (χ2n) is 5.45. The smallest absolute Gasteiger partial charge is 0.316 e. The van der Waals surface area contributed by atoms with Gasteiger partial charge in [0.25, 0.3) is 5.91 Å². The van der Waals surface area contributed by atoms with Gasteiger partial charge in [0.15, 0.2) is 0 Å². The van der Waals surface area contributed by atoms with Gasteiger partial charge in [0, 0.05) is 29.2 Å². The Bertz CT molecular complexity index is 959. The van der Waals surface area contributed by atoms with E-state index in [0.29, 0.717) is 16.1 Å². The lowest BCUT2D eigenvalue weighted by Crippen LogP contribution is -2.34. The van der Waals surface area contributed by atoms with E-state index in [9.17, 15) is 14.0 Å². The minimum Gasteiger partial charge on any atom is -0.350 e. The summed E-state index contributed by atoms with van der Waals surface area (Å²) >= 11 is 5.83. The number of hydrogen-bond acceptors (Lipinski definition) is 5. The maximum atomic E-state index is 12.9. The van der Waals surface area contributed by atoms with E-state index in [1.807, 2.05) is 0 Å². The third-order valence-corrected chi connectivity index (χ3v) is 3.74. The number of rotatable bonds is 6. The van der Waals surface area contributed by atoms with Crippen molar-refractivity contribution in [3.05, 3.63) is 70.8 Å². The molecule has 0 fully saturated rings. The summed E-state index contributed by atoms with van der Waals surface area (Å²) < 4.78 is 17.8. The normalized spacial score (nSPS) is 10.4. The van der Waals surface area contributed by atoms with Crippen molar-refractivity contribution in [3.63, 3.8) is 0 Å². The highest BCUT2D eigenvalue weighted by Gasteiger charge is 2.16. The molecule has 2 amide bonds. The van der Waals surface area contributed by atoms with Gasteiger partial charge < -0.3 is 15.2 Å². The van der Waals surface area contributed by atoms with Crippen LogP contribution in [0.2, 0.25) is 5.02 Å². The minimum absolute atomic E-state index is 0.166. The van der Waals surface area contributed by atoms with Gasteiger partial charge in [-0.3, -0.25) is 9.59 Å². The van der Waals surface area contributed by atoms with E-state index < -0.39 is 5.91 Å². The van der Waals surface area contributed by atoms with E-state index >= 15 is 0 Å². The monoisotopic (exact) mass is 388 g/mol. The van der Waals surface area contributed by atoms with Crippen molar-refractivity contribution in [3.8, 4) is 11.4 Å². The molecule has 0 aliphatic carbocycles. The molecule has 0 saturated carbocycles.